The summed E-state index contributed by atoms with van der Waals surface area (Å²) in [5.41, 5.74) is -0.403. The zero-order valence-corrected chi connectivity index (χ0v) is 14.9. The van der Waals surface area contributed by atoms with Gasteiger partial charge in [-0.15, -0.1) is 0 Å². The number of hydrogen-bond donors (Lipinski definition) is 0. The second-order valence-electron chi connectivity index (χ2n) is 6.17. The summed E-state index contributed by atoms with van der Waals surface area (Å²) in [5.74, 6) is -0.462. The van der Waals surface area contributed by atoms with E-state index in [1.165, 1.54) is 6.07 Å². The molecule has 3 rings (SSSR count). The van der Waals surface area contributed by atoms with Gasteiger partial charge in [0.1, 0.15) is 5.69 Å². The van der Waals surface area contributed by atoms with E-state index in [1.807, 2.05) is 4.90 Å². The van der Waals surface area contributed by atoms with Gasteiger partial charge in [0.05, 0.1) is 23.1 Å². The van der Waals surface area contributed by atoms with Gasteiger partial charge in [0.15, 0.2) is 0 Å². The number of aromatic nitrogens is 1. The molecule has 0 N–H and O–H groups in total. The fourth-order valence-corrected chi connectivity index (χ4v) is 3.44. The summed E-state index contributed by atoms with van der Waals surface area (Å²) in [6, 6.07) is 5.98. The standard InChI is InChI=1S/C18H18ClF3N2O2/c1-2-26-17(25)11-6-8-24(9-7-11)14-10-15(18(20,21)22)23-16-12(14)4-3-5-13(16)19/h3-5,10-11H,2,6-9H2,1H3. The lowest BCUT2D eigenvalue weighted by Crippen LogP contribution is -2.37. The van der Waals surface area contributed by atoms with Crippen molar-refractivity contribution in [3.05, 3.63) is 35.0 Å². The van der Waals surface area contributed by atoms with Gasteiger partial charge in [-0.3, -0.25) is 4.79 Å². The summed E-state index contributed by atoms with van der Waals surface area (Å²) < 4.78 is 44.8. The summed E-state index contributed by atoms with van der Waals surface area (Å²) in [5, 5.41) is 0.747. The Balaban J connectivity index is 1.95. The number of anilines is 1. The Morgan fingerprint density at radius 3 is 2.65 bits per heavy atom. The van der Waals surface area contributed by atoms with Crippen molar-refractivity contribution in [2.45, 2.75) is 25.9 Å². The van der Waals surface area contributed by atoms with Gasteiger partial charge in [-0.2, -0.15) is 13.2 Å². The molecular weight excluding hydrogens is 369 g/mol. The number of pyridine rings is 1. The van der Waals surface area contributed by atoms with Crippen LogP contribution in [0.1, 0.15) is 25.5 Å². The van der Waals surface area contributed by atoms with Gasteiger partial charge in [0.25, 0.3) is 0 Å². The highest BCUT2D eigenvalue weighted by Crippen LogP contribution is 2.38. The third kappa shape index (κ3) is 3.72. The van der Waals surface area contributed by atoms with Crippen LogP contribution in [0.15, 0.2) is 24.3 Å². The van der Waals surface area contributed by atoms with Crippen LogP contribution in [-0.2, 0) is 15.7 Å². The van der Waals surface area contributed by atoms with E-state index in [2.05, 4.69) is 4.98 Å². The Hall–Kier alpha value is -2.02. The van der Waals surface area contributed by atoms with Crippen molar-refractivity contribution in [2.75, 3.05) is 24.6 Å². The predicted octanol–water partition coefficient (Wildman–Crippen LogP) is 4.69. The lowest BCUT2D eigenvalue weighted by molar-refractivity contribution is -0.148. The van der Waals surface area contributed by atoms with E-state index in [0.29, 0.717) is 43.6 Å². The van der Waals surface area contributed by atoms with Crippen molar-refractivity contribution in [1.29, 1.82) is 0 Å². The zero-order valence-electron chi connectivity index (χ0n) is 14.1. The first-order valence-corrected chi connectivity index (χ1v) is 8.77. The van der Waals surface area contributed by atoms with Gasteiger partial charge in [-0.25, -0.2) is 4.98 Å². The first-order chi connectivity index (χ1) is 12.3. The third-order valence-corrected chi connectivity index (χ3v) is 4.82. The highest BCUT2D eigenvalue weighted by Gasteiger charge is 2.35. The average molecular weight is 387 g/mol. The highest BCUT2D eigenvalue weighted by atomic mass is 35.5. The van der Waals surface area contributed by atoms with Crippen LogP contribution in [0.4, 0.5) is 18.9 Å². The molecule has 8 heteroatoms. The average Bonchev–Trinajstić information content (AvgIpc) is 2.61. The number of alkyl halides is 3. The molecule has 0 spiro atoms. The molecule has 0 unspecified atom stereocenters. The lowest BCUT2D eigenvalue weighted by Gasteiger charge is -2.33. The maximum atomic E-state index is 13.3. The van der Waals surface area contributed by atoms with Gasteiger partial charge in [-0.05, 0) is 31.9 Å². The minimum absolute atomic E-state index is 0.131. The number of piperidine rings is 1. The largest absolute Gasteiger partial charge is 0.466 e. The van der Waals surface area contributed by atoms with Gasteiger partial charge in [0.2, 0.25) is 0 Å². The van der Waals surface area contributed by atoms with Crippen molar-refractivity contribution in [3.63, 3.8) is 0 Å². The first kappa shape index (κ1) is 18.8. The minimum atomic E-state index is -4.56. The molecule has 4 nitrogen and oxygen atoms in total. The highest BCUT2D eigenvalue weighted by molar-refractivity contribution is 6.35. The number of esters is 1. The van der Waals surface area contributed by atoms with Crippen LogP contribution >= 0.6 is 11.6 Å². The SMILES string of the molecule is CCOC(=O)C1CCN(c2cc(C(F)(F)F)nc3c(Cl)cccc23)CC1. The molecule has 0 radical (unpaired) electrons. The molecule has 2 aromatic rings. The zero-order chi connectivity index (χ0) is 18.9. The number of hydrogen-bond acceptors (Lipinski definition) is 4. The van der Waals surface area contributed by atoms with Crippen LogP contribution in [0.25, 0.3) is 10.9 Å². The lowest BCUT2D eigenvalue weighted by atomic mass is 9.96. The van der Waals surface area contributed by atoms with E-state index in [4.69, 9.17) is 16.3 Å². The van der Waals surface area contributed by atoms with Gasteiger partial charge in [0, 0.05) is 24.2 Å². The molecule has 1 saturated heterocycles. The van der Waals surface area contributed by atoms with Crippen LogP contribution in [0, 0.1) is 5.92 Å². The van der Waals surface area contributed by atoms with Crippen LogP contribution in [0.2, 0.25) is 5.02 Å². The van der Waals surface area contributed by atoms with E-state index >= 15 is 0 Å². The molecule has 0 saturated carbocycles. The number of ether oxygens (including phenoxy) is 1. The topological polar surface area (TPSA) is 42.4 Å². The number of fused-ring (bicyclic) bond motifs is 1. The molecule has 2 heterocycles. The number of para-hydroxylation sites is 1. The maximum Gasteiger partial charge on any atom is 0.433 e. The second kappa shape index (κ2) is 7.31. The van der Waals surface area contributed by atoms with E-state index in [9.17, 15) is 18.0 Å². The molecule has 0 atom stereocenters. The summed E-state index contributed by atoms with van der Waals surface area (Å²) >= 11 is 6.08. The summed E-state index contributed by atoms with van der Waals surface area (Å²) in [6.45, 7) is 3.00. The Morgan fingerprint density at radius 2 is 2.04 bits per heavy atom. The molecule has 1 aromatic carbocycles. The number of rotatable bonds is 3. The second-order valence-corrected chi connectivity index (χ2v) is 6.58. The number of halogens is 4. The van der Waals surface area contributed by atoms with Gasteiger partial charge < -0.3 is 9.64 Å². The molecule has 0 amide bonds. The normalized spacial score (nSPS) is 16.1. The van der Waals surface area contributed by atoms with E-state index in [1.54, 1.807) is 19.1 Å². The Morgan fingerprint density at radius 1 is 1.35 bits per heavy atom. The Kier molecular flexibility index (Phi) is 5.27. The molecule has 140 valence electrons. The molecule has 1 aromatic heterocycles. The molecule has 1 fully saturated rings. The molecule has 26 heavy (non-hydrogen) atoms. The van der Waals surface area contributed by atoms with Gasteiger partial charge in [-0.1, -0.05) is 23.7 Å². The van der Waals surface area contributed by atoms with Crippen molar-refractivity contribution >= 4 is 34.2 Å². The van der Waals surface area contributed by atoms with Crippen LogP contribution in [0.5, 0.6) is 0 Å². The van der Waals surface area contributed by atoms with Gasteiger partial charge >= 0.3 is 12.1 Å². The number of carbonyl (C=O) groups is 1. The number of nitrogens with zero attached hydrogens (tertiary/aromatic N) is 2. The maximum absolute atomic E-state index is 13.3. The molecular formula is C18H18ClF3N2O2. The van der Waals surface area contributed by atoms with Crippen molar-refractivity contribution < 1.29 is 22.7 Å². The van der Waals surface area contributed by atoms with Crippen LogP contribution < -0.4 is 4.90 Å². The van der Waals surface area contributed by atoms with E-state index in [0.717, 1.165) is 6.07 Å². The molecule has 0 bridgehead atoms. The Labute approximate surface area is 153 Å². The van der Waals surface area contributed by atoms with E-state index < -0.39 is 11.9 Å². The molecule has 1 aliphatic rings. The van der Waals surface area contributed by atoms with Crippen molar-refractivity contribution in [3.8, 4) is 0 Å². The Bertz CT molecular complexity index is 818. The number of benzene rings is 1. The quantitative estimate of drug-likeness (QED) is 0.718. The summed E-state index contributed by atoms with van der Waals surface area (Å²) in [7, 11) is 0. The van der Waals surface area contributed by atoms with E-state index in [-0.39, 0.29) is 22.4 Å². The first-order valence-electron chi connectivity index (χ1n) is 8.39. The van der Waals surface area contributed by atoms with Crippen LogP contribution in [0.3, 0.4) is 0 Å². The summed E-state index contributed by atoms with van der Waals surface area (Å²) in [4.78, 5) is 17.4. The number of carbonyl (C=O) groups excluding carboxylic acids is 1. The predicted molar refractivity (Wildman–Crippen MR) is 93.3 cm³/mol. The fourth-order valence-electron chi connectivity index (χ4n) is 3.22. The van der Waals surface area contributed by atoms with Crippen LogP contribution in [-0.4, -0.2) is 30.6 Å². The monoisotopic (exact) mass is 386 g/mol. The molecule has 1 aliphatic heterocycles. The van der Waals surface area contributed by atoms with Crippen molar-refractivity contribution in [1.82, 2.24) is 4.98 Å². The third-order valence-electron chi connectivity index (χ3n) is 4.51. The van der Waals surface area contributed by atoms with Crippen molar-refractivity contribution in [2.24, 2.45) is 5.92 Å². The fraction of sp³-hybridized carbons (Fsp3) is 0.444. The smallest absolute Gasteiger partial charge is 0.433 e. The summed E-state index contributed by atoms with van der Waals surface area (Å²) in [6.07, 6.45) is -3.50. The minimum Gasteiger partial charge on any atom is -0.466 e. The molecule has 0 aliphatic carbocycles.